The smallest absolute Gasteiger partial charge is 0.257 e. The molecule has 5 nitrogen and oxygen atoms in total. The molecule has 0 spiro atoms. The third kappa shape index (κ3) is 2.87. The molecule has 0 fully saturated rings. The summed E-state index contributed by atoms with van der Waals surface area (Å²) in [4.78, 5) is 24.7. The Balaban J connectivity index is 1.74. The van der Waals surface area contributed by atoms with Crippen molar-refractivity contribution in [1.29, 1.82) is 0 Å². The minimum atomic E-state index is -0.173. The number of H-pyrrole nitrogens is 1. The van der Waals surface area contributed by atoms with Crippen molar-refractivity contribution in [2.45, 2.75) is 6.92 Å². The molecule has 5 heteroatoms. The number of rotatable bonds is 3. The molecule has 2 heterocycles. The van der Waals surface area contributed by atoms with Crippen LogP contribution in [0.1, 0.15) is 15.9 Å². The summed E-state index contributed by atoms with van der Waals surface area (Å²) in [5.41, 5.74) is 4.76. The average Bonchev–Trinajstić information content (AvgIpc) is 3.08. The van der Waals surface area contributed by atoms with Crippen molar-refractivity contribution in [1.82, 2.24) is 15.0 Å². The highest BCUT2D eigenvalue weighted by Gasteiger charge is 2.15. The normalized spacial score (nSPS) is 10.8. The van der Waals surface area contributed by atoms with Crippen LogP contribution in [0, 0.1) is 6.92 Å². The molecule has 2 aromatic heterocycles. The van der Waals surface area contributed by atoms with Crippen LogP contribution in [0.15, 0.2) is 67.0 Å². The Kier molecular flexibility index (Phi) is 3.74. The van der Waals surface area contributed by atoms with Crippen molar-refractivity contribution in [2.75, 3.05) is 5.32 Å². The summed E-state index contributed by atoms with van der Waals surface area (Å²) < 4.78 is 0. The molecule has 1 amide bonds. The standard InChI is InChI=1S/C20H16N4O/c1-13-5-2-3-7-16(13)23-20(25)15-6-4-8-17-18(15)24-19(22-17)14-9-11-21-12-10-14/h2-12H,1H3,(H,22,24)(H,23,25). The van der Waals surface area contributed by atoms with Gasteiger partial charge in [0.25, 0.3) is 5.91 Å². The van der Waals surface area contributed by atoms with Gasteiger partial charge in [-0.05, 0) is 42.8 Å². The molecule has 0 radical (unpaired) electrons. The molecular formula is C20H16N4O. The zero-order valence-electron chi connectivity index (χ0n) is 13.7. The molecule has 2 N–H and O–H groups in total. The second kappa shape index (κ2) is 6.20. The summed E-state index contributed by atoms with van der Waals surface area (Å²) in [7, 11) is 0. The molecule has 0 bridgehead atoms. The zero-order chi connectivity index (χ0) is 17.2. The first-order valence-corrected chi connectivity index (χ1v) is 7.98. The summed E-state index contributed by atoms with van der Waals surface area (Å²) in [6.45, 7) is 1.96. The largest absolute Gasteiger partial charge is 0.338 e. The van der Waals surface area contributed by atoms with Gasteiger partial charge >= 0.3 is 0 Å². The van der Waals surface area contributed by atoms with Crippen LogP contribution in [-0.2, 0) is 0 Å². The lowest BCUT2D eigenvalue weighted by Crippen LogP contribution is -2.13. The predicted molar refractivity (Wildman–Crippen MR) is 98.5 cm³/mol. The van der Waals surface area contributed by atoms with E-state index in [0.29, 0.717) is 16.9 Å². The molecule has 25 heavy (non-hydrogen) atoms. The van der Waals surface area contributed by atoms with Gasteiger partial charge in [0.05, 0.1) is 11.1 Å². The van der Waals surface area contributed by atoms with Gasteiger partial charge in [0.15, 0.2) is 0 Å². The lowest BCUT2D eigenvalue weighted by molar-refractivity contribution is 0.102. The molecule has 0 aliphatic heterocycles. The van der Waals surface area contributed by atoms with Gasteiger partial charge in [0, 0.05) is 23.6 Å². The summed E-state index contributed by atoms with van der Waals surface area (Å²) in [5, 5.41) is 2.96. The Bertz CT molecular complexity index is 1050. The third-order valence-electron chi connectivity index (χ3n) is 4.10. The summed E-state index contributed by atoms with van der Waals surface area (Å²) in [5.74, 6) is 0.543. The number of hydrogen-bond acceptors (Lipinski definition) is 3. The van der Waals surface area contributed by atoms with Crippen LogP contribution >= 0.6 is 0 Å². The fraction of sp³-hybridized carbons (Fsp3) is 0.0500. The number of imidazole rings is 1. The van der Waals surface area contributed by atoms with E-state index >= 15 is 0 Å². The number of para-hydroxylation sites is 2. The van der Waals surface area contributed by atoms with Crippen LogP contribution < -0.4 is 5.32 Å². The molecule has 4 aromatic rings. The number of anilines is 1. The number of pyridine rings is 1. The fourth-order valence-corrected chi connectivity index (χ4v) is 2.76. The van der Waals surface area contributed by atoms with Gasteiger partial charge in [-0.25, -0.2) is 4.98 Å². The van der Waals surface area contributed by atoms with Gasteiger partial charge in [-0.2, -0.15) is 0 Å². The fourth-order valence-electron chi connectivity index (χ4n) is 2.76. The van der Waals surface area contributed by atoms with E-state index in [1.165, 1.54) is 0 Å². The van der Waals surface area contributed by atoms with E-state index in [9.17, 15) is 4.79 Å². The van der Waals surface area contributed by atoms with E-state index in [2.05, 4.69) is 20.3 Å². The highest BCUT2D eigenvalue weighted by atomic mass is 16.1. The second-order valence-corrected chi connectivity index (χ2v) is 5.79. The van der Waals surface area contributed by atoms with E-state index in [4.69, 9.17) is 0 Å². The van der Waals surface area contributed by atoms with Crippen molar-refractivity contribution >= 4 is 22.6 Å². The molecule has 0 unspecified atom stereocenters. The number of aromatic nitrogens is 3. The van der Waals surface area contributed by atoms with Gasteiger partial charge in [0.1, 0.15) is 11.3 Å². The molecule has 0 saturated carbocycles. The topological polar surface area (TPSA) is 70.7 Å². The number of aromatic amines is 1. The van der Waals surface area contributed by atoms with E-state index < -0.39 is 0 Å². The van der Waals surface area contributed by atoms with E-state index in [-0.39, 0.29) is 5.91 Å². The molecule has 0 aliphatic carbocycles. The molecule has 2 aromatic carbocycles. The number of benzene rings is 2. The molecule has 0 saturated heterocycles. The number of carbonyl (C=O) groups excluding carboxylic acids is 1. The highest BCUT2D eigenvalue weighted by Crippen LogP contribution is 2.23. The monoisotopic (exact) mass is 328 g/mol. The van der Waals surface area contributed by atoms with Gasteiger partial charge in [-0.3, -0.25) is 9.78 Å². The lowest BCUT2D eigenvalue weighted by Gasteiger charge is -2.08. The lowest BCUT2D eigenvalue weighted by atomic mass is 10.1. The first kappa shape index (κ1) is 15.1. The maximum atomic E-state index is 12.8. The minimum absolute atomic E-state index is 0.173. The van der Waals surface area contributed by atoms with Crippen LogP contribution in [0.5, 0.6) is 0 Å². The number of nitrogens with one attached hydrogen (secondary N) is 2. The Hall–Kier alpha value is -3.47. The van der Waals surface area contributed by atoms with Crippen molar-refractivity contribution in [3.8, 4) is 11.4 Å². The molecular weight excluding hydrogens is 312 g/mol. The first-order valence-electron chi connectivity index (χ1n) is 7.98. The van der Waals surface area contributed by atoms with Crippen LogP contribution in [-0.4, -0.2) is 20.9 Å². The van der Waals surface area contributed by atoms with Gasteiger partial charge in [-0.15, -0.1) is 0 Å². The number of carbonyl (C=O) groups is 1. The minimum Gasteiger partial charge on any atom is -0.338 e. The van der Waals surface area contributed by atoms with E-state index in [0.717, 1.165) is 22.3 Å². The number of fused-ring (bicyclic) bond motifs is 1. The maximum absolute atomic E-state index is 12.8. The number of hydrogen-bond donors (Lipinski definition) is 2. The Morgan fingerprint density at radius 2 is 1.80 bits per heavy atom. The van der Waals surface area contributed by atoms with E-state index in [1.807, 2.05) is 55.5 Å². The SMILES string of the molecule is Cc1ccccc1NC(=O)c1cccc2[nH]c(-c3ccncc3)nc12. The van der Waals surface area contributed by atoms with Gasteiger partial charge in [-0.1, -0.05) is 24.3 Å². The summed E-state index contributed by atoms with van der Waals surface area (Å²) in [6, 6.07) is 17.0. The third-order valence-corrected chi connectivity index (χ3v) is 4.10. The Labute approximate surface area is 144 Å². The highest BCUT2D eigenvalue weighted by molar-refractivity contribution is 6.12. The first-order chi connectivity index (χ1) is 12.2. The number of nitrogens with zero attached hydrogens (tertiary/aromatic N) is 2. The van der Waals surface area contributed by atoms with Crippen LogP contribution in [0.25, 0.3) is 22.4 Å². The van der Waals surface area contributed by atoms with Crippen LogP contribution in [0.2, 0.25) is 0 Å². The number of amides is 1. The van der Waals surface area contributed by atoms with Crippen molar-refractivity contribution in [3.63, 3.8) is 0 Å². The zero-order valence-corrected chi connectivity index (χ0v) is 13.7. The molecule has 4 rings (SSSR count). The van der Waals surface area contributed by atoms with Crippen molar-refractivity contribution in [2.24, 2.45) is 0 Å². The van der Waals surface area contributed by atoms with Gasteiger partial charge < -0.3 is 10.3 Å². The maximum Gasteiger partial charge on any atom is 0.257 e. The predicted octanol–water partition coefficient (Wildman–Crippen LogP) is 4.19. The average molecular weight is 328 g/mol. The summed E-state index contributed by atoms with van der Waals surface area (Å²) >= 11 is 0. The Morgan fingerprint density at radius 1 is 1.00 bits per heavy atom. The second-order valence-electron chi connectivity index (χ2n) is 5.79. The van der Waals surface area contributed by atoms with Crippen LogP contribution in [0.3, 0.4) is 0 Å². The number of aryl methyl sites for hydroxylation is 1. The van der Waals surface area contributed by atoms with Crippen molar-refractivity contribution in [3.05, 3.63) is 78.1 Å². The van der Waals surface area contributed by atoms with Crippen molar-refractivity contribution < 1.29 is 4.79 Å². The Morgan fingerprint density at radius 3 is 2.60 bits per heavy atom. The quantitative estimate of drug-likeness (QED) is 0.592. The molecule has 0 atom stereocenters. The molecule has 122 valence electrons. The van der Waals surface area contributed by atoms with Crippen LogP contribution in [0.4, 0.5) is 5.69 Å². The summed E-state index contributed by atoms with van der Waals surface area (Å²) in [6.07, 6.45) is 3.43. The van der Waals surface area contributed by atoms with Gasteiger partial charge in [0.2, 0.25) is 0 Å². The van der Waals surface area contributed by atoms with E-state index in [1.54, 1.807) is 18.5 Å². The molecule has 0 aliphatic rings.